The summed E-state index contributed by atoms with van der Waals surface area (Å²) in [5.41, 5.74) is 2.23. The molecular weight excluding hydrogens is 530 g/mol. The predicted octanol–water partition coefficient (Wildman–Crippen LogP) is 4.14. The first-order valence-corrected chi connectivity index (χ1v) is 13.0. The number of benzene rings is 2. The first-order valence-electron chi connectivity index (χ1n) is 12.6. The molecular formula is C30H32ClN5O4. The Morgan fingerprint density at radius 2 is 1.85 bits per heavy atom. The first-order chi connectivity index (χ1) is 19.1. The van der Waals surface area contributed by atoms with Gasteiger partial charge in [-0.05, 0) is 39.0 Å². The highest BCUT2D eigenvalue weighted by Gasteiger charge is 2.27. The number of carbonyl (C=O) groups excluding carboxylic acids is 1. The van der Waals surface area contributed by atoms with E-state index in [-0.39, 0.29) is 30.8 Å². The van der Waals surface area contributed by atoms with Crippen molar-refractivity contribution in [1.82, 2.24) is 15.6 Å². The maximum Gasteiger partial charge on any atom is 0.340 e. The summed E-state index contributed by atoms with van der Waals surface area (Å²) in [5, 5.41) is 36.5. The van der Waals surface area contributed by atoms with E-state index >= 15 is 0 Å². The Balaban J connectivity index is 1.71. The summed E-state index contributed by atoms with van der Waals surface area (Å²) in [5.74, 6) is -0.193. The molecule has 0 aliphatic carbocycles. The molecule has 10 heteroatoms. The number of rotatable bonds is 12. The van der Waals surface area contributed by atoms with E-state index in [4.69, 9.17) is 21.1 Å². The number of halogens is 1. The number of aryl methyl sites for hydroxylation is 1. The lowest BCUT2D eigenvalue weighted by molar-refractivity contribution is 0.0599. The minimum absolute atomic E-state index is 0.0248. The average Bonchev–Trinajstić information content (AvgIpc) is 2.94. The molecule has 3 rings (SSSR count). The second-order valence-electron chi connectivity index (χ2n) is 9.79. The molecule has 208 valence electrons. The number of methoxy groups -OCH3 is 1. The number of aliphatic hydroxyl groups is 1. The number of nitriles is 2. The Kier molecular flexibility index (Phi) is 10.6. The highest BCUT2D eigenvalue weighted by atomic mass is 35.5. The van der Waals surface area contributed by atoms with Crippen LogP contribution in [-0.2, 0) is 11.3 Å². The van der Waals surface area contributed by atoms with Gasteiger partial charge in [-0.15, -0.1) is 0 Å². The van der Waals surface area contributed by atoms with Gasteiger partial charge in [0.15, 0.2) is 0 Å². The van der Waals surface area contributed by atoms with Gasteiger partial charge in [-0.25, -0.2) is 4.79 Å². The monoisotopic (exact) mass is 561 g/mol. The lowest BCUT2D eigenvalue weighted by Gasteiger charge is -2.28. The highest BCUT2D eigenvalue weighted by Crippen LogP contribution is 2.36. The van der Waals surface area contributed by atoms with Gasteiger partial charge in [-0.1, -0.05) is 41.9 Å². The molecule has 0 aliphatic heterocycles. The zero-order chi connectivity index (χ0) is 29.3. The van der Waals surface area contributed by atoms with Crippen LogP contribution in [0, 0.1) is 29.6 Å². The van der Waals surface area contributed by atoms with Crippen LogP contribution in [0.3, 0.4) is 0 Å². The first kappa shape index (κ1) is 30.6. The molecule has 1 unspecified atom stereocenters. The minimum Gasteiger partial charge on any atom is -0.489 e. The molecule has 1 heterocycles. The zero-order valence-electron chi connectivity index (χ0n) is 22.9. The Hall–Kier alpha value is -3.99. The number of hydrogen-bond acceptors (Lipinski definition) is 9. The van der Waals surface area contributed by atoms with Crippen LogP contribution in [0.2, 0.25) is 5.02 Å². The number of carbonyl (C=O) groups is 1. The molecule has 0 radical (unpaired) electrons. The number of para-hydroxylation sites is 1. The van der Waals surface area contributed by atoms with Crippen molar-refractivity contribution < 1.29 is 19.4 Å². The van der Waals surface area contributed by atoms with Crippen LogP contribution in [0.25, 0.3) is 11.1 Å². The zero-order valence-corrected chi connectivity index (χ0v) is 23.7. The number of β-amino-alcohol motifs (C(OH)–C–C–N with tert-alkyl or cyclic N) is 1. The summed E-state index contributed by atoms with van der Waals surface area (Å²) in [7, 11) is 1.28. The van der Waals surface area contributed by atoms with Gasteiger partial charge in [0.25, 0.3) is 0 Å². The summed E-state index contributed by atoms with van der Waals surface area (Å²) >= 11 is 6.46. The van der Waals surface area contributed by atoms with Crippen LogP contribution < -0.4 is 15.4 Å². The molecule has 0 saturated heterocycles. The van der Waals surface area contributed by atoms with Gasteiger partial charge < -0.3 is 25.2 Å². The van der Waals surface area contributed by atoms with Gasteiger partial charge in [0.05, 0.1) is 35.2 Å². The molecule has 0 amide bonds. The summed E-state index contributed by atoms with van der Waals surface area (Å²) in [6, 6.07) is 18.1. The summed E-state index contributed by atoms with van der Waals surface area (Å²) < 4.78 is 10.7. The molecule has 0 aliphatic rings. The van der Waals surface area contributed by atoms with Gasteiger partial charge in [-0.2, -0.15) is 10.5 Å². The fraction of sp³-hybridized carbons (Fsp3) is 0.333. The minimum atomic E-state index is -0.807. The summed E-state index contributed by atoms with van der Waals surface area (Å²) in [6.07, 6.45) is -0.807. The van der Waals surface area contributed by atoms with Crippen molar-refractivity contribution in [3.8, 4) is 29.0 Å². The van der Waals surface area contributed by atoms with Crippen LogP contribution in [0.15, 0.2) is 48.5 Å². The molecule has 9 nitrogen and oxygen atoms in total. The fourth-order valence-corrected chi connectivity index (χ4v) is 4.39. The predicted molar refractivity (Wildman–Crippen MR) is 152 cm³/mol. The van der Waals surface area contributed by atoms with E-state index in [9.17, 15) is 20.4 Å². The van der Waals surface area contributed by atoms with Crippen molar-refractivity contribution in [2.24, 2.45) is 0 Å². The SMILES string of the molecule is COC(=O)c1c(CNCC(C)(C)NCC(O)COc2ccccc2C#N)nc(C)c(C#N)c1-c1ccccc1Cl. The van der Waals surface area contributed by atoms with E-state index in [2.05, 4.69) is 27.8 Å². The van der Waals surface area contributed by atoms with E-state index in [1.54, 1.807) is 55.5 Å². The van der Waals surface area contributed by atoms with Crippen molar-refractivity contribution in [3.63, 3.8) is 0 Å². The third-order valence-electron chi connectivity index (χ3n) is 6.21. The molecule has 2 aromatic carbocycles. The fourth-order valence-electron chi connectivity index (χ4n) is 4.16. The van der Waals surface area contributed by atoms with E-state index < -0.39 is 17.6 Å². The van der Waals surface area contributed by atoms with Crippen molar-refractivity contribution in [2.75, 3.05) is 26.8 Å². The number of pyridine rings is 1. The third-order valence-corrected chi connectivity index (χ3v) is 6.54. The number of aromatic nitrogens is 1. The number of aliphatic hydroxyl groups excluding tert-OH is 1. The molecule has 40 heavy (non-hydrogen) atoms. The molecule has 3 N–H and O–H groups in total. The van der Waals surface area contributed by atoms with E-state index in [1.807, 2.05) is 13.8 Å². The van der Waals surface area contributed by atoms with Crippen molar-refractivity contribution >= 4 is 17.6 Å². The van der Waals surface area contributed by atoms with Crippen LogP contribution in [-0.4, -0.2) is 54.5 Å². The number of nitrogens with one attached hydrogen (secondary N) is 2. The van der Waals surface area contributed by atoms with E-state index in [0.29, 0.717) is 45.4 Å². The second-order valence-corrected chi connectivity index (χ2v) is 10.2. The number of ether oxygens (including phenoxy) is 2. The van der Waals surface area contributed by atoms with Gasteiger partial charge >= 0.3 is 5.97 Å². The Bertz CT molecular complexity index is 1440. The molecule has 1 atom stereocenters. The smallest absolute Gasteiger partial charge is 0.340 e. The van der Waals surface area contributed by atoms with Gasteiger partial charge in [0, 0.05) is 41.3 Å². The molecule has 0 bridgehead atoms. The number of esters is 1. The summed E-state index contributed by atoms with van der Waals surface area (Å²) in [4.78, 5) is 17.5. The Morgan fingerprint density at radius 3 is 2.52 bits per heavy atom. The van der Waals surface area contributed by atoms with E-state index in [1.165, 1.54) is 7.11 Å². The Labute approximate surface area is 239 Å². The van der Waals surface area contributed by atoms with Crippen LogP contribution in [0.1, 0.15) is 46.7 Å². The molecule has 1 aromatic heterocycles. The second kappa shape index (κ2) is 13.9. The topological polar surface area (TPSA) is 140 Å². The third kappa shape index (κ3) is 7.56. The Morgan fingerprint density at radius 1 is 1.15 bits per heavy atom. The van der Waals surface area contributed by atoms with Gasteiger partial charge in [0.2, 0.25) is 0 Å². The molecule has 0 saturated carbocycles. The number of hydrogen-bond donors (Lipinski definition) is 3. The quantitative estimate of drug-likeness (QED) is 0.278. The molecule has 3 aromatic rings. The van der Waals surface area contributed by atoms with Crippen LogP contribution in [0.5, 0.6) is 5.75 Å². The largest absolute Gasteiger partial charge is 0.489 e. The average molecular weight is 562 g/mol. The maximum absolute atomic E-state index is 12.9. The molecule has 0 spiro atoms. The lowest BCUT2D eigenvalue weighted by atomic mass is 9.92. The molecule has 0 fully saturated rings. The van der Waals surface area contributed by atoms with E-state index in [0.717, 1.165) is 0 Å². The van der Waals surface area contributed by atoms with Gasteiger partial charge in [-0.3, -0.25) is 4.98 Å². The lowest BCUT2D eigenvalue weighted by Crippen LogP contribution is -2.50. The van der Waals surface area contributed by atoms with Crippen molar-refractivity contribution in [1.29, 1.82) is 10.5 Å². The maximum atomic E-state index is 12.9. The van der Waals surface area contributed by atoms with Crippen molar-refractivity contribution in [2.45, 2.75) is 39.0 Å². The normalized spacial score (nSPS) is 11.8. The standard InChI is InChI=1S/C30H32ClN5O4/c1-19-23(14-33)27(22-10-6-7-11-24(22)31)28(29(38)39-4)25(36-19)16-34-18-30(2,3)35-15-21(37)17-40-26-12-8-5-9-20(26)13-32/h5-12,21,34-35,37H,15-18H2,1-4H3. The van der Waals surface area contributed by atoms with Gasteiger partial charge in [0.1, 0.15) is 30.6 Å². The van der Waals surface area contributed by atoms with Crippen molar-refractivity contribution in [3.05, 3.63) is 81.6 Å². The number of nitrogens with zero attached hydrogens (tertiary/aromatic N) is 3. The highest BCUT2D eigenvalue weighted by molar-refractivity contribution is 6.33. The summed E-state index contributed by atoms with van der Waals surface area (Å²) in [6.45, 7) is 6.60. The van der Waals surface area contributed by atoms with Crippen LogP contribution in [0.4, 0.5) is 0 Å². The van der Waals surface area contributed by atoms with Crippen LogP contribution >= 0.6 is 11.6 Å².